The quantitative estimate of drug-likeness (QED) is 0.238. The minimum absolute atomic E-state index is 0.420. The largest absolute Gasteiger partial charge is 0.423 e. The van der Waals surface area contributed by atoms with Crippen molar-refractivity contribution in [1.82, 2.24) is 4.48 Å². The van der Waals surface area contributed by atoms with Gasteiger partial charge in [0.2, 0.25) is 0 Å². The topological polar surface area (TPSA) is 12.4 Å². The van der Waals surface area contributed by atoms with Crippen LogP contribution in [0.5, 0.6) is 0 Å². The molecule has 0 radical (unpaired) electrons. The number of hydrogen-bond donors (Lipinski definition) is 0. The highest BCUT2D eigenvalue weighted by Crippen LogP contribution is 2.42. The second-order valence-electron chi connectivity index (χ2n) is 11.1. The molecule has 1 aliphatic rings. The van der Waals surface area contributed by atoms with E-state index in [9.17, 15) is 0 Å². The number of aliphatic imine (C=N–C) groups is 1. The van der Waals surface area contributed by atoms with Crippen LogP contribution in [0, 0.1) is 62.4 Å². The SMILES string of the molecule is [CH2-][N+](C)(c1c(C)c(C)cc(C)c1C)C(C)C1CCCC(C(C)=Nc2c(C)c(C)cc(C)c2C)S1. The molecule has 186 valence electrons. The van der Waals surface area contributed by atoms with Gasteiger partial charge in [0, 0.05) is 29.1 Å². The lowest BCUT2D eigenvalue weighted by atomic mass is 9.94. The zero-order valence-corrected chi connectivity index (χ0v) is 24.3. The summed E-state index contributed by atoms with van der Waals surface area (Å²) in [5.74, 6) is 0. The third kappa shape index (κ3) is 5.02. The summed E-state index contributed by atoms with van der Waals surface area (Å²) in [7, 11) is 7.11. The minimum Gasteiger partial charge on any atom is -0.423 e. The average molecular weight is 479 g/mol. The van der Waals surface area contributed by atoms with Gasteiger partial charge in [-0.05, 0) is 115 Å². The molecular weight excluding hydrogens is 432 g/mol. The van der Waals surface area contributed by atoms with Crippen LogP contribution in [-0.4, -0.2) is 29.3 Å². The maximum atomic E-state index is 5.24. The van der Waals surface area contributed by atoms with E-state index in [2.05, 4.69) is 100 Å². The van der Waals surface area contributed by atoms with Gasteiger partial charge in [0.15, 0.2) is 0 Å². The van der Waals surface area contributed by atoms with Crippen molar-refractivity contribution in [1.29, 1.82) is 0 Å². The van der Waals surface area contributed by atoms with Crippen LogP contribution < -0.4 is 4.48 Å². The van der Waals surface area contributed by atoms with Gasteiger partial charge in [0.05, 0.1) is 17.0 Å². The molecular formula is C31H46N2S. The van der Waals surface area contributed by atoms with Crippen LogP contribution in [0.4, 0.5) is 11.4 Å². The number of hydrogen-bond acceptors (Lipinski definition) is 2. The molecule has 1 saturated heterocycles. The molecule has 34 heavy (non-hydrogen) atoms. The van der Waals surface area contributed by atoms with Crippen molar-refractivity contribution in [2.24, 2.45) is 4.99 Å². The predicted octanol–water partition coefficient (Wildman–Crippen LogP) is 8.72. The molecule has 0 N–H and O–H groups in total. The molecule has 0 aromatic heterocycles. The van der Waals surface area contributed by atoms with E-state index in [1.54, 1.807) is 0 Å². The van der Waals surface area contributed by atoms with Crippen LogP contribution in [0.15, 0.2) is 17.1 Å². The van der Waals surface area contributed by atoms with Crippen LogP contribution in [0.2, 0.25) is 0 Å². The standard InChI is InChI=1S/C31H46N2S/c1-18-16-19(2)23(6)30(22(18)5)32-26(9)28-14-13-15-29(34-28)27(10)33(11,12)31-24(7)20(3)17-21(4)25(31)8/h16-17,27-29H,11,13-15H2,1-10,12H3. The molecule has 2 aromatic carbocycles. The molecule has 2 aromatic rings. The zero-order valence-electron chi connectivity index (χ0n) is 23.5. The maximum Gasteiger partial charge on any atom is 0.112 e. The second-order valence-corrected chi connectivity index (χ2v) is 12.5. The molecule has 1 heterocycles. The van der Waals surface area contributed by atoms with Crippen molar-refractivity contribution in [3.8, 4) is 0 Å². The molecule has 1 fully saturated rings. The number of rotatable bonds is 5. The molecule has 0 bridgehead atoms. The van der Waals surface area contributed by atoms with E-state index in [4.69, 9.17) is 12.0 Å². The van der Waals surface area contributed by atoms with Crippen LogP contribution in [0.1, 0.15) is 77.6 Å². The second kappa shape index (κ2) is 10.2. The average Bonchev–Trinajstić information content (AvgIpc) is 2.78. The molecule has 0 spiro atoms. The van der Waals surface area contributed by atoms with Gasteiger partial charge in [0.1, 0.15) is 5.69 Å². The molecule has 0 aliphatic carbocycles. The van der Waals surface area contributed by atoms with Gasteiger partial charge in [0.25, 0.3) is 0 Å². The van der Waals surface area contributed by atoms with Gasteiger partial charge < -0.3 is 4.48 Å². The van der Waals surface area contributed by atoms with E-state index >= 15 is 0 Å². The summed E-state index contributed by atoms with van der Waals surface area (Å²) in [4.78, 5) is 5.24. The van der Waals surface area contributed by atoms with Gasteiger partial charge >= 0.3 is 0 Å². The molecule has 0 amide bonds. The Hall–Kier alpha value is -1.58. The van der Waals surface area contributed by atoms with Crippen LogP contribution in [0.3, 0.4) is 0 Å². The maximum absolute atomic E-state index is 5.24. The van der Waals surface area contributed by atoms with Crippen LogP contribution in [-0.2, 0) is 0 Å². The van der Waals surface area contributed by atoms with Gasteiger partial charge in [-0.15, -0.1) is 18.8 Å². The Kier molecular flexibility index (Phi) is 8.10. The van der Waals surface area contributed by atoms with Crippen LogP contribution >= 0.6 is 11.8 Å². The highest BCUT2D eigenvalue weighted by Gasteiger charge is 2.36. The number of aryl methyl sites for hydroxylation is 4. The Morgan fingerprint density at radius 1 is 0.882 bits per heavy atom. The van der Waals surface area contributed by atoms with Gasteiger partial charge in [-0.2, -0.15) is 0 Å². The summed E-state index contributed by atoms with van der Waals surface area (Å²) >= 11 is 2.14. The molecule has 4 unspecified atom stereocenters. The Morgan fingerprint density at radius 3 is 1.85 bits per heavy atom. The molecule has 3 rings (SSSR count). The van der Waals surface area contributed by atoms with E-state index in [0.29, 0.717) is 21.0 Å². The van der Waals surface area contributed by atoms with Gasteiger partial charge in [-0.25, -0.2) is 0 Å². The van der Waals surface area contributed by atoms with E-state index < -0.39 is 0 Å². The number of quaternary nitrogens is 1. The van der Waals surface area contributed by atoms with Gasteiger partial charge in [-0.1, -0.05) is 18.6 Å². The summed E-state index contributed by atoms with van der Waals surface area (Å²) in [6.07, 6.45) is 3.73. The summed E-state index contributed by atoms with van der Waals surface area (Å²) in [5, 5.41) is 1.04. The van der Waals surface area contributed by atoms with Crippen molar-refractivity contribution in [2.45, 2.75) is 105 Å². The van der Waals surface area contributed by atoms with Crippen molar-refractivity contribution >= 4 is 28.8 Å². The molecule has 4 atom stereocenters. The summed E-state index contributed by atoms with van der Waals surface area (Å²) in [5.41, 5.74) is 14.7. The van der Waals surface area contributed by atoms with Crippen LogP contribution in [0.25, 0.3) is 0 Å². The van der Waals surface area contributed by atoms with Gasteiger partial charge in [-0.3, -0.25) is 4.99 Å². The number of benzene rings is 2. The fourth-order valence-corrected chi connectivity index (χ4v) is 7.43. The zero-order chi connectivity index (χ0) is 25.5. The molecule has 2 nitrogen and oxygen atoms in total. The highest BCUT2D eigenvalue weighted by molar-refractivity contribution is 8.01. The summed E-state index contributed by atoms with van der Waals surface area (Å²) in [6.45, 7) is 22.5. The lowest BCUT2D eigenvalue weighted by Gasteiger charge is -2.49. The number of nitrogens with zero attached hydrogens (tertiary/aromatic N) is 2. The van der Waals surface area contributed by atoms with E-state index in [1.165, 1.54) is 80.9 Å². The Bertz CT molecular complexity index is 1060. The first-order chi connectivity index (χ1) is 15.8. The first-order valence-electron chi connectivity index (χ1n) is 12.8. The van der Waals surface area contributed by atoms with Crippen molar-refractivity contribution < 1.29 is 0 Å². The Labute approximate surface area is 213 Å². The normalized spacial score (nSPS) is 21.9. The molecule has 1 aliphatic heterocycles. The van der Waals surface area contributed by atoms with E-state index in [-0.39, 0.29) is 0 Å². The Morgan fingerprint density at radius 2 is 1.35 bits per heavy atom. The van der Waals surface area contributed by atoms with Crippen molar-refractivity contribution in [3.63, 3.8) is 0 Å². The fourth-order valence-electron chi connectivity index (χ4n) is 5.66. The third-order valence-corrected chi connectivity index (χ3v) is 10.5. The van der Waals surface area contributed by atoms with Crippen molar-refractivity contribution in [3.05, 3.63) is 63.7 Å². The summed E-state index contributed by atoms with van der Waals surface area (Å²) < 4.78 is 0.691. The lowest BCUT2D eigenvalue weighted by Crippen LogP contribution is -2.53. The third-order valence-electron chi connectivity index (χ3n) is 8.65. The first-order valence-corrected chi connectivity index (χ1v) is 13.8. The van der Waals surface area contributed by atoms with E-state index in [0.717, 1.165) is 0 Å². The number of thioether (sulfide) groups is 1. The highest BCUT2D eigenvalue weighted by atomic mass is 32.2. The molecule has 3 heteroatoms. The lowest BCUT2D eigenvalue weighted by molar-refractivity contribution is 0.318. The minimum atomic E-state index is 0.420. The Balaban J connectivity index is 1.90. The monoisotopic (exact) mass is 478 g/mol. The first kappa shape index (κ1) is 27.0. The van der Waals surface area contributed by atoms with Crippen molar-refractivity contribution in [2.75, 3.05) is 7.05 Å². The fraction of sp³-hybridized carbons (Fsp3) is 0.548. The molecule has 0 saturated carbocycles. The smallest absolute Gasteiger partial charge is 0.112 e. The predicted molar refractivity (Wildman–Crippen MR) is 155 cm³/mol. The van der Waals surface area contributed by atoms with E-state index in [1.807, 2.05) is 0 Å². The summed E-state index contributed by atoms with van der Waals surface area (Å²) in [6, 6.07) is 5.03.